The van der Waals surface area contributed by atoms with Gasteiger partial charge in [-0.2, -0.15) is 0 Å². The maximum atomic E-state index is 5.64. The molecule has 2 aliphatic rings. The van der Waals surface area contributed by atoms with Crippen molar-refractivity contribution < 1.29 is 0 Å². The number of hydrogen-bond donors (Lipinski definition) is 1. The van der Waals surface area contributed by atoms with Gasteiger partial charge in [-0.3, -0.25) is 4.90 Å². The van der Waals surface area contributed by atoms with Crippen LogP contribution in [0.2, 0.25) is 0 Å². The lowest BCUT2D eigenvalue weighted by Gasteiger charge is -2.44. The Morgan fingerprint density at radius 2 is 2.11 bits per heavy atom. The Kier molecular flexibility index (Phi) is 3.97. The molecule has 1 saturated heterocycles. The summed E-state index contributed by atoms with van der Waals surface area (Å²) in [6, 6.07) is 0.829. The maximum Gasteiger partial charge on any atom is 0.106 e. The number of nitrogens with two attached hydrogens (primary N) is 1. The monoisotopic (exact) mass is 265 g/mol. The number of aromatic nitrogens is 1. The van der Waals surface area contributed by atoms with Crippen LogP contribution in [0.3, 0.4) is 0 Å². The first-order chi connectivity index (χ1) is 8.86. The number of hydrogen-bond acceptors (Lipinski definition) is 4. The zero-order chi connectivity index (χ0) is 12.4. The van der Waals surface area contributed by atoms with Crippen molar-refractivity contribution in [2.75, 3.05) is 6.54 Å². The van der Waals surface area contributed by atoms with Crippen LogP contribution in [0.25, 0.3) is 0 Å². The van der Waals surface area contributed by atoms with Gasteiger partial charge in [-0.15, -0.1) is 11.3 Å². The fourth-order valence-corrected chi connectivity index (χ4v) is 4.31. The number of piperidine rings is 1. The van der Waals surface area contributed by atoms with Crippen LogP contribution in [0.15, 0.2) is 5.38 Å². The molecule has 3 rings (SSSR count). The number of thiazole rings is 1. The second-order valence-corrected chi connectivity index (χ2v) is 6.60. The predicted molar refractivity (Wildman–Crippen MR) is 75.4 cm³/mol. The van der Waals surface area contributed by atoms with E-state index in [2.05, 4.69) is 15.3 Å². The van der Waals surface area contributed by atoms with Gasteiger partial charge in [0.15, 0.2) is 0 Å². The van der Waals surface area contributed by atoms with Gasteiger partial charge in [-0.05, 0) is 38.1 Å². The Morgan fingerprint density at radius 1 is 1.28 bits per heavy atom. The summed E-state index contributed by atoms with van der Waals surface area (Å²) < 4.78 is 0. The molecule has 3 nitrogen and oxygen atoms in total. The Morgan fingerprint density at radius 3 is 2.94 bits per heavy atom. The quantitative estimate of drug-likeness (QED) is 0.914. The normalized spacial score (nSPS) is 29.2. The highest BCUT2D eigenvalue weighted by Crippen LogP contribution is 2.35. The van der Waals surface area contributed by atoms with Gasteiger partial charge in [0, 0.05) is 24.5 Å². The van der Waals surface area contributed by atoms with E-state index in [0.29, 0.717) is 6.54 Å². The van der Waals surface area contributed by atoms with Gasteiger partial charge in [0.1, 0.15) is 5.01 Å². The lowest BCUT2D eigenvalue weighted by atomic mass is 9.78. The summed E-state index contributed by atoms with van der Waals surface area (Å²) in [7, 11) is 0. The molecule has 0 bridgehead atoms. The van der Waals surface area contributed by atoms with E-state index in [9.17, 15) is 0 Å². The molecular weight excluding hydrogens is 242 g/mol. The van der Waals surface area contributed by atoms with Crippen molar-refractivity contribution in [1.82, 2.24) is 9.88 Å². The fraction of sp³-hybridized carbons (Fsp3) is 0.786. The standard InChI is InChI=1S/C14H23N3S/c15-8-14-16-12(10-18-14)9-17-7-3-5-11-4-1-2-6-13(11)17/h10-11,13H,1-9,15H2/t11-,13-/m1/s1. The van der Waals surface area contributed by atoms with Gasteiger partial charge in [0.2, 0.25) is 0 Å². The number of likely N-dealkylation sites (tertiary alicyclic amines) is 1. The first-order valence-electron chi connectivity index (χ1n) is 7.24. The van der Waals surface area contributed by atoms with Crippen LogP contribution in [-0.4, -0.2) is 22.5 Å². The molecule has 2 N–H and O–H groups in total. The van der Waals surface area contributed by atoms with E-state index >= 15 is 0 Å². The van der Waals surface area contributed by atoms with E-state index in [1.54, 1.807) is 11.3 Å². The van der Waals surface area contributed by atoms with Crippen molar-refractivity contribution in [2.45, 2.75) is 57.7 Å². The average Bonchev–Trinajstić information content (AvgIpc) is 2.87. The third-order valence-electron chi connectivity index (χ3n) is 4.50. The first-order valence-corrected chi connectivity index (χ1v) is 8.12. The molecule has 4 heteroatoms. The Hall–Kier alpha value is -0.450. The van der Waals surface area contributed by atoms with Crippen LogP contribution in [0.5, 0.6) is 0 Å². The van der Waals surface area contributed by atoms with Crippen LogP contribution in [0, 0.1) is 5.92 Å². The zero-order valence-electron chi connectivity index (χ0n) is 11.0. The zero-order valence-corrected chi connectivity index (χ0v) is 11.8. The SMILES string of the molecule is NCc1nc(CN2CCC[C@H]3CCCC[C@H]32)cs1. The number of nitrogens with zero attached hydrogens (tertiary/aromatic N) is 2. The number of rotatable bonds is 3. The molecule has 2 fully saturated rings. The largest absolute Gasteiger partial charge is 0.325 e. The highest BCUT2D eigenvalue weighted by Gasteiger charge is 2.33. The van der Waals surface area contributed by atoms with Gasteiger partial charge < -0.3 is 5.73 Å². The molecule has 100 valence electrons. The average molecular weight is 265 g/mol. The topological polar surface area (TPSA) is 42.1 Å². The fourth-order valence-electron chi connectivity index (χ4n) is 3.65. The second kappa shape index (κ2) is 5.68. The Labute approximate surface area is 113 Å². The third kappa shape index (κ3) is 2.60. The Balaban J connectivity index is 1.66. The second-order valence-electron chi connectivity index (χ2n) is 5.66. The van der Waals surface area contributed by atoms with E-state index in [4.69, 9.17) is 5.73 Å². The molecule has 0 amide bonds. The summed E-state index contributed by atoms with van der Waals surface area (Å²) in [6.45, 7) is 2.88. The summed E-state index contributed by atoms with van der Waals surface area (Å²) >= 11 is 1.70. The predicted octanol–water partition coefficient (Wildman–Crippen LogP) is 2.76. The van der Waals surface area contributed by atoms with Crippen molar-refractivity contribution in [2.24, 2.45) is 11.7 Å². The van der Waals surface area contributed by atoms with Crippen LogP contribution in [0.4, 0.5) is 0 Å². The van der Waals surface area contributed by atoms with Crippen molar-refractivity contribution in [3.05, 3.63) is 16.1 Å². The third-order valence-corrected chi connectivity index (χ3v) is 5.42. The van der Waals surface area contributed by atoms with Gasteiger partial charge in [0.25, 0.3) is 0 Å². The smallest absolute Gasteiger partial charge is 0.106 e. The van der Waals surface area contributed by atoms with Gasteiger partial charge in [-0.25, -0.2) is 4.98 Å². The highest BCUT2D eigenvalue weighted by molar-refractivity contribution is 7.09. The van der Waals surface area contributed by atoms with Crippen molar-refractivity contribution in [1.29, 1.82) is 0 Å². The minimum atomic E-state index is 0.580. The van der Waals surface area contributed by atoms with Crippen LogP contribution < -0.4 is 5.73 Å². The summed E-state index contributed by atoms with van der Waals surface area (Å²) in [5, 5.41) is 3.26. The molecule has 0 spiro atoms. The molecular formula is C14H23N3S. The molecule has 2 atom stereocenters. The van der Waals surface area contributed by atoms with Crippen LogP contribution in [-0.2, 0) is 13.1 Å². The van der Waals surface area contributed by atoms with E-state index < -0.39 is 0 Å². The molecule has 0 radical (unpaired) electrons. The highest BCUT2D eigenvalue weighted by atomic mass is 32.1. The molecule has 1 aliphatic heterocycles. The summed E-state index contributed by atoms with van der Waals surface area (Å²) in [4.78, 5) is 7.30. The summed E-state index contributed by atoms with van der Waals surface area (Å²) in [5.41, 5.74) is 6.87. The lowest BCUT2D eigenvalue weighted by Crippen LogP contribution is -2.46. The minimum absolute atomic E-state index is 0.580. The van der Waals surface area contributed by atoms with Gasteiger partial charge in [-0.1, -0.05) is 12.8 Å². The van der Waals surface area contributed by atoms with Crippen molar-refractivity contribution >= 4 is 11.3 Å². The van der Waals surface area contributed by atoms with Crippen molar-refractivity contribution in [3.8, 4) is 0 Å². The van der Waals surface area contributed by atoms with Gasteiger partial charge in [0.05, 0.1) is 5.69 Å². The summed E-state index contributed by atoms with van der Waals surface area (Å²) in [5.74, 6) is 0.958. The minimum Gasteiger partial charge on any atom is -0.325 e. The summed E-state index contributed by atoms with van der Waals surface area (Å²) in [6.07, 6.45) is 8.54. The molecule has 2 heterocycles. The first kappa shape index (κ1) is 12.6. The Bertz CT molecular complexity index is 388. The van der Waals surface area contributed by atoms with E-state index in [1.807, 2.05) is 0 Å². The number of fused-ring (bicyclic) bond motifs is 1. The van der Waals surface area contributed by atoms with E-state index in [-0.39, 0.29) is 0 Å². The molecule has 1 aromatic rings. The lowest BCUT2D eigenvalue weighted by molar-refractivity contribution is 0.0538. The molecule has 1 aromatic heterocycles. The molecule has 18 heavy (non-hydrogen) atoms. The van der Waals surface area contributed by atoms with E-state index in [0.717, 1.165) is 23.5 Å². The maximum absolute atomic E-state index is 5.64. The molecule has 1 aliphatic carbocycles. The van der Waals surface area contributed by atoms with Gasteiger partial charge >= 0.3 is 0 Å². The van der Waals surface area contributed by atoms with Crippen molar-refractivity contribution in [3.63, 3.8) is 0 Å². The van der Waals surface area contributed by atoms with E-state index in [1.165, 1.54) is 50.8 Å². The van der Waals surface area contributed by atoms with Crippen LogP contribution >= 0.6 is 11.3 Å². The molecule has 1 saturated carbocycles. The molecule has 0 aromatic carbocycles. The molecule has 0 unspecified atom stereocenters. The van der Waals surface area contributed by atoms with Crippen LogP contribution in [0.1, 0.15) is 49.2 Å².